The Morgan fingerprint density at radius 1 is 1.33 bits per heavy atom. The van der Waals surface area contributed by atoms with Gasteiger partial charge < -0.3 is 9.73 Å². The fourth-order valence-corrected chi connectivity index (χ4v) is 1.94. The van der Waals surface area contributed by atoms with Crippen LogP contribution in [0.1, 0.15) is 26.2 Å². The summed E-state index contributed by atoms with van der Waals surface area (Å²) < 4.78 is 5.67. The van der Waals surface area contributed by atoms with Gasteiger partial charge in [-0.05, 0) is 25.1 Å². The smallest absolute Gasteiger partial charge is 0.269 e. The minimum Gasteiger partial charge on any atom is -0.441 e. The van der Waals surface area contributed by atoms with E-state index in [1.807, 2.05) is 0 Å². The molecule has 6 heteroatoms. The second-order valence-electron chi connectivity index (χ2n) is 5.13. The van der Waals surface area contributed by atoms with E-state index in [9.17, 15) is 10.1 Å². The SMILES string of the molecule is CC(C)NCCCc1ncc(-c2ccc([N+](=O)[O-])cc2)o1. The number of nitro groups is 1. The van der Waals surface area contributed by atoms with Crippen LogP contribution in [-0.2, 0) is 6.42 Å². The van der Waals surface area contributed by atoms with Crippen molar-refractivity contribution >= 4 is 5.69 Å². The Morgan fingerprint density at radius 3 is 2.67 bits per heavy atom. The maximum absolute atomic E-state index is 10.6. The zero-order valence-corrected chi connectivity index (χ0v) is 12.2. The Labute approximate surface area is 123 Å². The van der Waals surface area contributed by atoms with Crippen LogP contribution in [0.4, 0.5) is 5.69 Å². The van der Waals surface area contributed by atoms with Crippen LogP contribution in [0.2, 0.25) is 0 Å². The fraction of sp³-hybridized carbons (Fsp3) is 0.400. The van der Waals surface area contributed by atoms with Crippen LogP contribution in [0.3, 0.4) is 0 Å². The van der Waals surface area contributed by atoms with E-state index in [1.54, 1.807) is 18.3 Å². The van der Waals surface area contributed by atoms with E-state index in [0.717, 1.165) is 24.9 Å². The molecule has 1 aromatic heterocycles. The summed E-state index contributed by atoms with van der Waals surface area (Å²) in [6.45, 7) is 5.14. The van der Waals surface area contributed by atoms with Gasteiger partial charge in [-0.3, -0.25) is 10.1 Å². The molecule has 1 heterocycles. The molecule has 0 fully saturated rings. The normalized spacial score (nSPS) is 11.0. The first-order valence-electron chi connectivity index (χ1n) is 6.99. The highest BCUT2D eigenvalue weighted by Crippen LogP contribution is 2.23. The predicted octanol–water partition coefficient (Wildman–Crippen LogP) is 3.18. The van der Waals surface area contributed by atoms with Crippen molar-refractivity contribution in [3.05, 3.63) is 46.5 Å². The Morgan fingerprint density at radius 2 is 2.05 bits per heavy atom. The van der Waals surface area contributed by atoms with E-state index in [4.69, 9.17) is 4.42 Å². The van der Waals surface area contributed by atoms with Gasteiger partial charge in [-0.25, -0.2) is 4.98 Å². The molecule has 0 radical (unpaired) electrons. The lowest BCUT2D eigenvalue weighted by atomic mass is 10.2. The fourth-order valence-electron chi connectivity index (χ4n) is 1.94. The lowest BCUT2D eigenvalue weighted by molar-refractivity contribution is -0.384. The molecule has 2 rings (SSSR count). The predicted molar refractivity (Wildman–Crippen MR) is 80.1 cm³/mol. The molecule has 0 spiro atoms. The molecule has 0 amide bonds. The standard InChI is InChI=1S/C15H19N3O3/c1-11(2)16-9-3-4-15-17-10-14(21-15)12-5-7-13(8-6-12)18(19)20/h5-8,10-11,16H,3-4,9H2,1-2H3. The van der Waals surface area contributed by atoms with E-state index < -0.39 is 4.92 Å². The van der Waals surface area contributed by atoms with Gasteiger partial charge in [0.25, 0.3) is 5.69 Å². The van der Waals surface area contributed by atoms with E-state index in [1.165, 1.54) is 12.1 Å². The van der Waals surface area contributed by atoms with Crippen molar-refractivity contribution in [2.24, 2.45) is 0 Å². The quantitative estimate of drug-likeness (QED) is 0.481. The number of aryl methyl sites for hydroxylation is 1. The van der Waals surface area contributed by atoms with Crippen LogP contribution in [-0.4, -0.2) is 22.5 Å². The zero-order valence-electron chi connectivity index (χ0n) is 12.2. The molecule has 0 atom stereocenters. The summed E-state index contributed by atoms with van der Waals surface area (Å²) in [7, 11) is 0. The van der Waals surface area contributed by atoms with Crippen LogP contribution in [0.5, 0.6) is 0 Å². The summed E-state index contributed by atoms with van der Waals surface area (Å²) in [4.78, 5) is 14.4. The van der Waals surface area contributed by atoms with E-state index >= 15 is 0 Å². The summed E-state index contributed by atoms with van der Waals surface area (Å²) in [5, 5.41) is 13.9. The Balaban J connectivity index is 1.94. The number of nitrogens with one attached hydrogen (secondary N) is 1. The number of nitrogens with zero attached hydrogens (tertiary/aromatic N) is 2. The third-order valence-corrected chi connectivity index (χ3v) is 3.04. The molecule has 0 aliphatic heterocycles. The number of aromatic nitrogens is 1. The average molecular weight is 289 g/mol. The third-order valence-electron chi connectivity index (χ3n) is 3.04. The number of hydrogen-bond acceptors (Lipinski definition) is 5. The van der Waals surface area contributed by atoms with Crippen molar-refractivity contribution < 1.29 is 9.34 Å². The largest absolute Gasteiger partial charge is 0.441 e. The zero-order chi connectivity index (χ0) is 15.2. The van der Waals surface area contributed by atoms with Crippen molar-refractivity contribution in [3.8, 4) is 11.3 Å². The average Bonchev–Trinajstić information content (AvgIpc) is 2.92. The maximum atomic E-state index is 10.6. The molecule has 0 bridgehead atoms. The van der Waals surface area contributed by atoms with Crippen LogP contribution < -0.4 is 5.32 Å². The maximum Gasteiger partial charge on any atom is 0.269 e. The van der Waals surface area contributed by atoms with Crippen molar-refractivity contribution in [1.82, 2.24) is 10.3 Å². The second-order valence-corrected chi connectivity index (χ2v) is 5.13. The summed E-state index contributed by atoms with van der Waals surface area (Å²) in [6, 6.07) is 6.74. The monoisotopic (exact) mass is 289 g/mol. The van der Waals surface area contributed by atoms with Gasteiger partial charge in [0, 0.05) is 30.2 Å². The molecular weight excluding hydrogens is 270 g/mol. The van der Waals surface area contributed by atoms with Gasteiger partial charge in [0.15, 0.2) is 11.7 Å². The van der Waals surface area contributed by atoms with Crippen LogP contribution in [0.25, 0.3) is 11.3 Å². The van der Waals surface area contributed by atoms with Gasteiger partial charge in [0.1, 0.15) is 0 Å². The number of non-ortho nitro benzene ring substituents is 1. The van der Waals surface area contributed by atoms with Gasteiger partial charge >= 0.3 is 0 Å². The first-order valence-corrected chi connectivity index (χ1v) is 6.99. The lowest BCUT2D eigenvalue weighted by Crippen LogP contribution is -2.23. The second kappa shape index (κ2) is 6.99. The molecule has 0 saturated heterocycles. The van der Waals surface area contributed by atoms with Crippen molar-refractivity contribution in [1.29, 1.82) is 0 Å². The number of benzene rings is 1. The molecule has 1 aromatic carbocycles. The highest BCUT2D eigenvalue weighted by Gasteiger charge is 2.09. The molecule has 0 unspecified atom stereocenters. The summed E-state index contributed by atoms with van der Waals surface area (Å²) in [5.74, 6) is 1.32. The van der Waals surface area contributed by atoms with Crippen LogP contribution in [0, 0.1) is 10.1 Å². The first-order chi connectivity index (χ1) is 10.1. The Hall–Kier alpha value is -2.21. The molecule has 112 valence electrons. The molecule has 21 heavy (non-hydrogen) atoms. The Bertz CT molecular complexity index is 590. The van der Waals surface area contributed by atoms with Gasteiger partial charge in [0.05, 0.1) is 11.1 Å². The van der Waals surface area contributed by atoms with Crippen molar-refractivity contribution in [2.45, 2.75) is 32.7 Å². The van der Waals surface area contributed by atoms with E-state index in [0.29, 0.717) is 17.7 Å². The highest BCUT2D eigenvalue weighted by atomic mass is 16.6. The number of hydrogen-bond donors (Lipinski definition) is 1. The Kier molecular flexibility index (Phi) is 5.05. The summed E-state index contributed by atoms with van der Waals surface area (Å²) in [6.07, 6.45) is 3.39. The third kappa shape index (κ3) is 4.39. The molecular formula is C15H19N3O3. The molecule has 0 saturated carbocycles. The molecule has 0 aliphatic carbocycles. The minimum absolute atomic E-state index is 0.0678. The van der Waals surface area contributed by atoms with Crippen molar-refractivity contribution in [3.63, 3.8) is 0 Å². The molecule has 6 nitrogen and oxygen atoms in total. The van der Waals surface area contributed by atoms with Gasteiger partial charge in [-0.2, -0.15) is 0 Å². The summed E-state index contributed by atoms with van der Waals surface area (Å²) >= 11 is 0. The van der Waals surface area contributed by atoms with Crippen LogP contribution >= 0.6 is 0 Å². The molecule has 2 aromatic rings. The van der Waals surface area contributed by atoms with Crippen LogP contribution in [0.15, 0.2) is 34.9 Å². The number of oxazole rings is 1. The summed E-state index contributed by atoms with van der Waals surface area (Å²) in [5.41, 5.74) is 0.859. The molecule has 0 aliphatic rings. The van der Waals surface area contributed by atoms with Gasteiger partial charge in [-0.1, -0.05) is 13.8 Å². The topological polar surface area (TPSA) is 81.2 Å². The van der Waals surface area contributed by atoms with E-state index in [-0.39, 0.29) is 5.69 Å². The number of nitro benzene ring substituents is 1. The first kappa shape index (κ1) is 15.2. The molecule has 1 N–H and O–H groups in total. The van der Waals surface area contributed by atoms with E-state index in [2.05, 4.69) is 24.1 Å². The minimum atomic E-state index is -0.419. The number of rotatable bonds is 7. The highest BCUT2D eigenvalue weighted by molar-refractivity contribution is 5.58. The van der Waals surface area contributed by atoms with Gasteiger partial charge in [-0.15, -0.1) is 0 Å². The van der Waals surface area contributed by atoms with Gasteiger partial charge in [0.2, 0.25) is 0 Å². The lowest BCUT2D eigenvalue weighted by Gasteiger charge is -2.05. The van der Waals surface area contributed by atoms with Crippen molar-refractivity contribution in [2.75, 3.05) is 6.54 Å².